The molecule has 0 fully saturated rings. The molecule has 0 aliphatic heterocycles. The molecule has 3 aromatic rings. The van der Waals surface area contributed by atoms with E-state index in [-0.39, 0.29) is 12.5 Å². The summed E-state index contributed by atoms with van der Waals surface area (Å²) >= 11 is 0. The maximum absolute atomic E-state index is 9.14. The van der Waals surface area contributed by atoms with Crippen molar-refractivity contribution in [3.05, 3.63) is 71.4 Å². The van der Waals surface area contributed by atoms with Crippen molar-refractivity contribution in [3.63, 3.8) is 0 Å². The molecule has 0 radical (unpaired) electrons. The van der Waals surface area contributed by atoms with E-state index in [1.54, 1.807) is 31.6 Å². The fourth-order valence-electron chi connectivity index (χ4n) is 2.65. The number of benzene rings is 1. The summed E-state index contributed by atoms with van der Waals surface area (Å²) in [6, 6.07) is 13.2. The van der Waals surface area contributed by atoms with Crippen molar-refractivity contribution < 1.29 is 9.84 Å². The summed E-state index contributed by atoms with van der Waals surface area (Å²) in [6.45, 7) is 1.83. The van der Waals surface area contributed by atoms with Gasteiger partial charge in [0.05, 0.1) is 18.7 Å². The molecule has 3 rings (SSSR count). The monoisotopic (exact) mass is 346 g/mol. The maximum Gasteiger partial charge on any atom is 0.153 e. The first-order valence-electron chi connectivity index (χ1n) is 8.13. The third-order valence-electron chi connectivity index (χ3n) is 4.18. The van der Waals surface area contributed by atoms with Crippen LogP contribution in [0.15, 0.2) is 48.8 Å². The van der Waals surface area contributed by atoms with Gasteiger partial charge < -0.3 is 9.84 Å². The molecule has 6 nitrogen and oxygen atoms in total. The Morgan fingerprint density at radius 2 is 1.96 bits per heavy atom. The van der Waals surface area contributed by atoms with Crippen molar-refractivity contribution in [3.8, 4) is 23.1 Å². The van der Waals surface area contributed by atoms with Gasteiger partial charge in [-0.2, -0.15) is 5.26 Å². The Kier molecular flexibility index (Phi) is 5.20. The van der Waals surface area contributed by atoms with Crippen molar-refractivity contribution in [2.24, 2.45) is 0 Å². The normalized spacial score (nSPS) is 11.6. The predicted octanol–water partition coefficient (Wildman–Crippen LogP) is 3.06. The van der Waals surface area contributed by atoms with Gasteiger partial charge in [-0.25, -0.2) is 15.0 Å². The summed E-state index contributed by atoms with van der Waals surface area (Å²) < 4.78 is 5.45. The lowest BCUT2D eigenvalue weighted by atomic mass is 9.98. The third kappa shape index (κ3) is 3.53. The van der Waals surface area contributed by atoms with Crippen LogP contribution in [-0.2, 0) is 6.61 Å². The summed E-state index contributed by atoms with van der Waals surface area (Å²) in [5, 5.41) is 18.2. The minimum Gasteiger partial charge on any atom is -0.494 e. The molecule has 1 N–H and O–H groups in total. The molecular formula is C20H18N4O2. The minimum atomic E-state index is -0.186. The number of aromatic nitrogens is 3. The molecule has 0 aliphatic carbocycles. The van der Waals surface area contributed by atoms with Gasteiger partial charge >= 0.3 is 0 Å². The van der Waals surface area contributed by atoms with Crippen molar-refractivity contribution >= 4 is 0 Å². The molecule has 0 spiro atoms. The highest BCUT2D eigenvalue weighted by Crippen LogP contribution is 2.32. The van der Waals surface area contributed by atoms with E-state index < -0.39 is 0 Å². The van der Waals surface area contributed by atoms with Gasteiger partial charge in [0.15, 0.2) is 5.82 Å². The standard InChI is InChI=1S/C20H18N4O2/c1-13(16-10-22-19(12-25)23-11-16)17-6-7-18(26-2)20(24-17)15-5-3-4-14(8-15)9-21/h3-8,10-11,13,25H,12H2,1-2H3. The first-order valence-corrected chi connectivity index (χ1v) is 8.13. The lowest BCUT2D eigenvalue weighted by molar-refractivity contribution is 0.271. The summed E-state index contributed by atoms with van der Waals surface area (Å²) in [5.41, 5.74) is 3.81. The van der Waals surface area contributed by atoms with E-state index in [0.717, 1.165) is 16.8 Å². The van der Waals surface area contributed by atoms with Gasteiger partial charge in [0.2, 0.25) is 0 Å². The maximum atomic E-state index is 9.14. The molecule has 26 heavy (non-hydrogen) atoms. The quantitative estimate of drug-likeness (QED) is 0.763. The number of hydrogen-bond donors (Lipinski definition) is 1. The highest BCUT2D eigenvalue weighted by molar-refractivity contribution is 5.68. The predicted molar refractivity (Wildman–Crippen MR) is 96.4 cm³/mol. The van der Waals surface area contributed by atoms with Crippen LogP contribution in [0, 0.1) is 11.3 Å². The van der Waals surface area contributed by atoms with E-state index in [1.165, 1.54) is 0 Å². The van der Waals surface area contributed by atoms with E-state index >= 15 is 0 Å². The van der Waals surface area contributed by atoms with Gasteiger partial charge in [-0.15, -0.1) is 0 Å². The topological polar surface area (TPSA) is 91.9 Å². The second-order valence-electron chi connectivity index (χ2n) is 5.79. The van der Waals surface area contributed by atoms with Crippen LogP contribution in [0.1, 0.15) is 35.5 Å². The lowest BCUT2D eigenvalue weighted by Gasteiger charge is -2.15. The number of hydrogen-bond acceptors (Lipinski definition) is 6. The Morgan fingerprint density at radius 3 is 2.62 bits per heavy atom. The van der Waals surface area contributed by atoms with Gasteiger partial charge in [0.25, 0.3) is 0 Å². The number of pyridine rings is 1. The van der Waals surface area contributed by atoms with E-state index in [0.29, 0.717) is 22.8 Å². The van der Waals surface area contributed by atoms with Crippen LogP contribution in [0.5, 0.6) is 5.75 Å². The zero-order valence-corrected chi connectivity index (χ0v) is 14.5. The van der Waals surface area contributed by atoms with Crippen molar-refractivity contribution in [2.75, 3.05) is 7.11 Å². The first kappa shape index (κ1) is 17.5. The molecule has 130 valence electrons. The van der Waals surface area contributed by atoms with Crippen LogP contribution >= 0.6 is 0 Å². The highest BCUT2D eigenvalue weighted by atomic mass is 16.5. The smallest absolute Gasteiger partial charge is 0.153 e. The van der Waals surface area contributed by atoms with Crippen LogP contribution in [-0.4, -0.2) is 27.2 Å². The minimum absolute atomic E-state index is 0.0356. The highest BCUT2D eigenvalue weighted by Gasteiger charge is 2.16. The van der Waals surface area contributed by atoms with Crippen molar-refractivity contribution in [1.82, 2.24) is 15.0 Å². The van der Waals surface area contributed by atoms with E-state index in [1.807, 2.05) is 31.2 Å². The van der Waals surface area contributed by atoms with E-state index in [9.17, 15) is 0 Å². The number of nitriles is 1. The second-order valence-corrected chi connectivity index (χ2v) is 5.79. The molecule has 0 aliphatic rings. The second kappa shape index (κ2) is 7.72. The molecule has 0 saturated carbocycles. The van der Waals surface area contributed by atoms with Gasteiger partial charge in [-0.1, -0.05) is 19.1 Å². The van der Waals surface area contributed by atoms with Gasteiger partial charge in [-0.05, 0) is 29.8 Å². The van der Waals surface area contributed by atoms with Crippen LogP contribution < -0.4 is 4.74 Å². The first-order chi connectivity index (χ1) is 12.7. The molecule has 0 amide bonds. The molecule has 1 atom stereocenters. The summed E-state index contributed by atoms with van der Waals surface area (Å²) in [7, 11) is 1.60. The zero-order valence-electron chi connectivity index (χ0n) is 14.5. The van der Waals surface area contributed by atoms with Crippen LogP contribution in [0.3, 0.4) is 0 Å². The van der Waals surface area contributed by atoms with Crippen molar-refractivity contribution in [2.45, 2.75) is 19.4 Å². The number of ether oxygens (including phenoxy) is 1. The summed E-state index contributed by atoms with van der Waals surface area (Å²) in [6.07, 6.45) is 3.40. The molecular weight excluding hydrogens is 328 g/mol. The van der Waals surface area contributed by atoms with Gasteiger partial charge in [0, 0.05) is 29.6 Å². The Balaban J connectivity index is 2.02. The van der Waals surface area contributed by atoms with Gasteiger partial charge in [0.1, 0.15) is 18.1 Å². The number of aliphatic hydroxyl groups is 1. The Morgan fingerprint density at radius 1 is 1.19 bits per heavy atom. The average Bonchev–Trinajstić information content (AvgIpc) is 2.72. The Bertz CT molecular complexity index is 949. The molecule has 2 aromatic heterocycles. The van der Waals surface area contributed by atoms with Crippen LogP contribution in [0.2, 0.25) is 0 Å². The van der Waals surface area contributed by atoms with Crippen molar-refractivity contribution in [1.29, 1.82) is 5.26 Å². The number of aliphatic hydroxyl groups excluding tert-OH is 1. The lowest BCUT2D eigenvalue weighted by Crippen LogP contribution is -2.04. The fourth-order valence-corrected chi connectivity index (χ4v) is 2.65. The molecule has 1 aromatic carbocycles. The van der Waals surface area contributed by atoms with E-state index in [4.69, 9.17) is 20.1 Å². The summed E-state index contributed by atoms with van der Waals surface area (Å²) in [5.74, 6) is 0.993. The number of methoxy groups -OCH3 is 1. The SMILES string of the molecule is COc1ccc(C(C)c2cnc(CO)nc2)nc1-c1cccc(C#N)c1. The number of rotatable bonds is 5. The molecule has 0 saturated heterocycles. The molecule has 6 heteroatoms. The molecule has 1 unspecified atom stereocenters. The molecule has 0 bridgehead atoms. The largest absolute Gasteiger partial charge is 0.494 e. The Hall–Kier alpha value is -3.30. The average molecular weight is 346 g/mol. The fraction of sp³-hybridized carbons (Fsp3) is 0.200. The van der Waals surface area contributed by atoms with Gasteiger partial charge in [-0.3, -0.25) is 0 Å². The summed E-state index contributed by atoms with van der Waals surface area (Å²) in [4.78, 5) is 13.0. The van der Waals surface area contributed by atoms with Crippen LogP contribution in [0.25, 0.3) is 11.3 Å². The third-order valence-corrected chi connectivity index (χ3v) is 4.18. The zero-order chi connectivity index (χ0) is 18.5. The Labute approximate surface area is 151 Å². The molecule has 2 heterocycles. The number of nitrogens with zero attached hydrogens (tertiary/aromatic N) is 4. The van der Waals surface area contributed by atoms with E-state index in [2.05, 4.69) is 16.0 Å². The van der Waals surface area contributed by atoms with Crippen LogP contribution in [0.4, 0.5) is 0 Å².